The molecule has 0 fully saturated rings. The minimum absolute atomic E-state index is 0.0635. The van der Waals surface area contributed by atoms with Gasteiger partial charge >= 0.3 is 0 Å². The summed E-state index contributed by atoms with van der Waals surface area (Å²) in [5.74, 6) is 0.835. The normalized spacial score (nSPS) is 11.6. The molecule has 0 aliphatic rings. The van der Waals surface area contributed by atoms with Gasteiger partial charge in [0.05, 0.1) is 12.3 Å². The molecule has 0 saturated carbocycles. The average Bonchev–Trinajstić information content (AvgIpc) is 2.33. The smallest absolute Gasteiger partial charge is 0.142 e. The van der Waals surface area contributed by atoms with Gasteiger partial charge in [0, 0.05) is 24.4 Å². The van der Waals surface area contributed by atoms with Gasteiger partial charge in [-0.15, -0.1) is 0 Å². The number of rotatable bonds is 7. The fourth-order valence-electron chi connectivity index (χ4n) is 1.56. The Hall–Kier alpha value is -1.13. The lowest BCUT2D eigenvalue weighted by atomic mass is 10.1. The average molecular weight is 266 g/mol. The van der Waals surface area contributed by atoms with Crippen LogP contribution in [0.15, 0.2) is 12.1 Å². The second kappa shape index (κ2) is 7.46. The fourth-order valence-corrected chi connectivity index (χ4v) is 1.56. The van der Waals surface area contributed by atoms with E-state index in [1.54, 1.807) is 0 Å². The van der Waals surface area contributed by atoms with E-state index in [0.29, 0.717) is 26.4 Å². The summed E-state index contributed by atoms with van der Waals surface area (Å²) < 4.78 is 11.0. The predicted octanol–water partition coefficient (Wildman–Crippen LogP) is 2.69. The van der Waals surface area contributed by atoms with Gasteiger partial charge in [-0.1, -0.05) is 0 Å². The molecule has 0 aliphatic carbocycles. The van der Waals surface area contributed by atoms with Crippen molar-refractivity contribution in [2.75, 3.05) is 19.8 Å². The third-order valence-electron chi connectivity index (χ3n) is 2.55. The Morgan fingerprint density at radius 3 is 2.58 bits per heavy atom. The highest BCUT2D eigenvalue weighted by Crippen LogP contribution is 2.17. The largest absolute Gasteiger partial charge is 0.489 e. The molecule has 1 N–H and O–H groups in total. The summed E-state index contributed by atoms with van der Waals surface area (Å²) >= 11 is 0. The van der Waals surface area contributed by atoms with Crippen LogP contribution in [0, 0.1) is 6.92 Å². The number of nitrogens with zero attached hydrogens (tertiary/aromatic N) is 1. The number of nitrogens with one attached hydrogen (secondary N) is 1. The van der Waals surface area contributed by atoms with Crippen LogP contribution in [0.1, 0.15) is 39.1 Å². The first-order valence-corrected chi connectivity index (χ1v) is 6.84. The van der Waals surface area contributed by atoms with Crippen molar-refractivity contribution in [1.82, 2.24) is 10.3 Å². The molecule has 0 bridgehead atoms. The van der Waals surface area contributed by atoms with Crippen molar-refractivity contribution in [2.45, 2.75) is 46.7 Å². The molecule has 108 valence electrons. The van der Waals surface area contributed by atoms with Crippen molar-refractivity contribution in [3.63, 3.8) is 0 Å². The SMILES string of the molecule is CCOCCOc1ccc(C)nc1CNC(C)(C)C. The molecule has 0 atom stereocenters. The molecule has 1 aromatic heterocycles. The lowest BCUT2D eigenvalue weighted by Gasteiger charge is -2.21. The molecule has 0 aromatic carbocycles. The van der Waals surface area contributed by atoms with E-state index in [0.717, 1.165) is 17.1 Å². The van der Waals surface area contributed by atoms with Crippen LogP contribution >= 0.6 is 0 Å². The third-order valence-corrected chi connectivity index (χ3v) is 2.55. The van der Waals surface area contributed by atoms with Crippen LogP contribution in [0.3, 0.4) is 0 Å². The first kappa shape index (κ1) is 15.9. The second-order valence-electron chi connectivity index (χ2n) is 5.55. The molecule has 0 amide bonds. The number of hydrogen-bond acceptors (Lipinski definition) is 4. The van der Waals surface area contributed by atoms with Crippen LogP contribution in [0.25, 0.3) is 0 Å². The molecule has 0 spiro atoms. The highest BCUT2D eigenvalue weighted by Gasteiger charge is 2.12. The first-order chi connectivity index (χ1) is 8.92. The van der Waals surface area contributed by atoms with Gasteiger partial charge < -0.3 is 14.8 Å². The summed E-state index contributed by atoms with van der Waals surface area (Å²) in [6, 6.07) is 3.95. The topological polar surface area (TPSA) is 43.4 Å². The number of aryl methyl sites for hydroxylation is 1. The van der Waals surface area contributed by atoms with Crippen molar-refractivity contribution in [2.24, 2.45) is 0 Å². The Labute approximate surface area is 116 Å². The van der Waals surface area contributed by atoms with Crippen molar-refractivity contribution in [3.8, 4) is 5.75 Å². The fraction of sp³-hybridized carbons (Fsp3) is 0.667. The summed E-state index contributed by atoms with van der Waals surface area (Å²) in [5.41, 5.74) is 2.02. The van der Waals surface area contributed by atoms with E-state index >= 15 is 0 Å². The second-order valence-corrected chi connectivity index (χ2v) is 5.55. The van der Waals surface area contributed by atoms with Crippen molar-refractivity contribution >= 4 is 0 Å². The Balaban J connectivity index is 2.63. The summed E-state index contributed by atoms with van der Waals surface area (Å²) in [5, 5.41) is 3.43. The molecular weight excluding hydrogens is 240 g/mol. The Morgan fingerprint density at radius 2 is 1.95 bits per heavy atom. The summed E-state index contributed by atoms with van der Waals surface area (Å²) in [6.07, 6.45) is 0. The number of hydrogen-bond donors (Lipinski definition) is 1. The molecule has 0 saturated heterocycles. The highest BCUT2D eigenvalue weighted by molar-refractivity contribution is 5.29. The van der Waals surface area contributed by atoms with Gasteiger partial charge in [0.2, 0.25) is 0 Å². The van der Waals surface area contributed by atoms with E-state index in [2.05, 4.69) is 31.1 Å². The van der Waals surface area contributed by atoms with Crippen molar-refractivity contribution < 1.29 is 9.47 Å². The van der Waals surface area contributed by atoms with Crippen LogP contribution in [0.4, 0.5) is 0 Å². The molecule has 19 heavy (non-hydrogen) atoms. The number of aromatic nitrogens is 1. The van der Waals surface area contributed by atoms with Crippen molar-refractivity contribution in [3.05, 3.63) is 23.5 Å². The lowest BCUT2D eigenvalue weighted by molar-refractivity contribution is 0.109. The van der Waals surface area contributed by atoms with Crippen LogP contribution in [0.2, 0.25) is 0 Å². The molecule has 4 nitrogen and oxygen atoms in total. The summed E-state index contributed by atoms with van der Waals surface area (Å²) in [4.78, 5) is 4.55. The molecule has 0 unspecified atom stereocenters. The van der Waals surface area contributed by atoms with Crippen LogP contribution in [0.5, 0.6) is 5.75 Å². The Bertz CT molecular complexity index is 386. The van der Waals surface area contributed by atoms with Crippen LogP contribution in [-0.2, 0) is 11.3 Å². The van der Waals surface area contributed by atoms with Gasteiger partial charge in [-0.2, -0.15) is 0 Å². The van der Waals surface area contributed by atoms with Gasteiger partial charge in [-0.3, -0.25) is 4.98 Å². The van der Waals surface area contributed by atoms with Gasteiger partial charge in [0.15, 0.2) is 0 Å². The number of pyridine rings is 1. The molecule has 0 aliphatic heterocycles. The van der Waals surface area contributed by atoms with E-state index in [1.165, 1.54) is 0 Å². The van der Waals surface area contributed by atoms with E-state index in [1.807, 2.05) is 26.0 Å². The van der Waals surface area contributed by atoms with E-state index < -0.39 is 0 Å². The third kappa shape index (κ3) is 6.55. The molecule has 1 aromatic rings. The standard InChI is InChI=1S/C15H26N2O2/c1-6-18-9-10-19-14-8-7-12(2)17-13(14)11-16-15(3,4)5/h7-8,16H,6,9-11H2,1-5H3. The quantitative estimate of drug-likeness (QED) is 0.771. The molecule has 4 heteroatoms. The van der Waals surface area contributed by atoms with Gasteiger partial charge in [0.25, 0.3) is 0 Å². The summed E-state index contributed by atoms with van der Waals surface area (Å²) in [7, 11) is 0. The monoisotopic (exact) mass is 266 g/mol. The molecule has 0 radical (unpaired) electrons. The van der Waals surface area contributed by atoms with Gasteiger partial charge in [-0.25, -0.2) is 0 Å². The molecule has 1 rings (SSSR count). The van der Waals surface area contributed by atoms with Gasteiger partial charge in [-0.05, 0) is 46.8 Å². The zero-order chi connectivity index (χ0) is 14.3. The Morgan fingerprint density at radius 1 is 1.21 bits per heavy atom. The summed E-state index contributed by atoms with van der Waals surface area (Å²) in [6.45, 7) is 13.0. The maximum Gasteiger partial charge on any atom is 0.142 e. The van der Waals surface area contributed by atoms with E-state index in [9.17, 15) is 0 Å². The molecular formula is C15H26N2O2. The maximum atomic E-state index is 5.73. The zero-order valence-electron chi connectivity index (χ0n) is 12.7. The zero-order valence-corrected chi connectivity index (χ0v) is 12.7. The molecule has 1 heterocycles. The number of ether oxygens (including phenoxy) is 2. The highest BCUT2D eigenvalue weighted by atomic mass is 16.5. The van der Waals surface area contributed by atoms with E-state index in [-0.39, 0.29) is 5.54 Å². The first-order valence-electron chi connectivity index (χ1n) is 6.84. The minimum atomic E-state index is 0.0635. The predicted molar refractivity (Wildman–Crippen MR) is 77.6 cm³/mol. The van der Waals surface area contributed by atoms with Crippen LogP contribution < -0.4 is 10.1 Å². The van der Waals surface area contributed by atoms with Gasteiger partial charge in [0.1, 0.15) is 12.4 Å². The lowest BCUT2D eigenvalue weighted by Crippen LogP contribution is -2.35. The minimum Gasteiger partial charge on any atom is -0.489 e. The Kier molecular flexibility index (Phi) is 6.25. The van der Waals surface area contributed by atoms with Crippen molar-refractivity contribution in [1.29, 1.82) is 0 Å². The van der Waals surface area contributed by atoms with E-state index in [4.69, 9.17) is 9.47 Å². The maximum absolute atomic E-state index is 5.73. The van der Waals surface area contributed by atoms with Crippen LogP contribution in [-0.4, -0.2) is 30.3 Å².